The van der Waals surface area contributed by atoms with Gasteiger partial charge in [0.2, 0.25) is 0 Å². The van der Waals surface area contributed by atoms with Crippen LogP contribution in [0.3, 0.4) is 0 Å². The zero-order chi connectivity index (χ0) is 17.8. The monoisotopic (exact) mass is 340 g/mol. The van der Waals surface area contributed by atoms with Gasteiger partial charge in [0.05, 0.1) is 4.92 Å². The van der Waals surface area contributed by atoms with E-state index >= 15 is 0 Å². The first-order valence-electron chi connectivity index (χ1n) is 8.38. The molecule has 0 N–H and O–H groups in total. The Kier molecular flexibility index (Phi) is 4.97. The minimum absolute atomic E-state index is 0.0175. The number of hydrogen-bond acceptors (Lipinski definition) is 4. The third-order valence-corrected chi connectivity index (χ3v) is 4.45. The van der Waals surface area contributed by atoms with E-state index in [9.17, 15) is 14.9 Å². The van der Waals surface area contributed by atoms with Gasteiger partial charge in [-0.15, -0.1) is 0 Å². The molecule has 0 unspecified atom stereocenters. The van der Waals surface area contributed by atoms with Crippen LogP contribution in [0, 0.1) is 10.1 Å². The second-order valence-corrected chi connectivity index (χ2v) is 6.22. The Morgan fingerprint density at radius 1 is 1.08 bits per heavy atom. The van der Waals surface area contributed by atoms with Gasteiger partial charge >= 0.3 is 0 Å². The Morgan fingerprint density at radius 3 is 2.24 bits per heavy atom. The van der Waals surface area contributed by atoms with Gasteiger partial charge in [-0.25, -0.2) is 0 Å². The van der Waals surface area contributed by atoms with Crippen molar-refractivity contribution in [2.24, 2.45) is 0 Å². The van der Waals surface area contributed by atoms with E-state index in [4.69, 9.17) is 4.74 Å². The second-order valence-electron chi connectivity index (χ2n) is 6.22. The van der Waals surface area contributed by atoms with Crippen molar-refractivity contribution >= 4 is 11.6 Å². The smallest absolute Gasteiger partial charge is 0.269 e. The Bertz CT molecular complexity index is 756. The van der Waals surface area contributed by atoms with Crippen molar-refractivity contribution < 1.29 is 14.5 Å². The first kappa shape index (κ1) is 17.0. The summed E-state index contributed by atoms with van der Waals surface area (Å²) in [6.07, 6.45) is 3.28. The number of ether oxygens (including phenoxy) is 1. The molecule has 1 heterocycles. The molecule has 1 fully saturated rings. The van der Waals surface area contributed by atoms with Gasteiger partial charge in [0.15, 0.2) is 0 Å². The third-order valence-electron chi connectivity index (χ3n) is 4.45. The summed E-state index contributed by atoms with van der Waals surface area (Å²) in [7, 11) is 0. The summed E-state index contributed by atoms with van der Waals surface area (Å²) in [6.45, 7) is 2.89. The van der Waals surface area contributed by atoms with Crippen molar-refractivity contribution in [3.05, 3.63) is 64.2 Å². The Morgan fingerprint density at radius 2 is 1.68 bits per heavy atom. The Balaban J connectivity index is 1.67. The number of non-ortho nitro benzene ring substituents is 1. The van der Waals surface area contributed by atoms with Crippen LogP contribution in [0.1, 0.15) is 36.5 Å². The molecule has 1 amide bonds. The van der Waals surface area contributed by atoms with E-state index in [1.807, 2.05) is 4.90 Å². The summed E-state index contributed by atoms with van der Waals surface area (Å²) >= 11 is 0. The van der Waals surface area contributed by atoms with Crippen molar-refractivity contribution in [2.75, 3.05) is 6.54 Å². The van der Waals surface area contributed by atoms with E-state index in [0.29, 0.717) is 17.1 Å². The molecule has 130 valence electrons. The van der Waals surface area contributed by atoms with Crippen LogP contribution in [0.15, 0.2) is 48.5 Å². The number of carbonyl (C=O) groups is 1. The molecule has 1 aliphatic rings. The predicted molar refractivity (Wildman–Crippen MR) is 94.0 cm³/mol. The highest BCUT2D eigenvalue weighted by atomic mass is 16.6. The van der Waals surface area contributed by atoms with Gasteiger partial charge in [-0.05, 0) is 62.6 Å². The SMILES string of the molecule is C[C@@H]1CCCCN1C(=O)c1ccc(Oc2ccc([N+](=O)[O-])cc2)cc1. The van der Waals surface area contributed by atoms with Crippen LogP contribution < -0.4 is 4.74 Å². The van der Waals surface area contributed by atoms with Gasteiger partial charge in [0.25, 0.3) is 11.6 Å². The molecule has 6 heteroatoms. The molecule has 0 saturated carbocycles. The molecule has 0 aromatic heterocycles. The standard InChI is InChI=1S/C19H20N2O4/c1-14-4-2-3-13-20(14)19(22)15-5-9-17(10-6-15)25-18-11-7-16(8-12-18)21(23)24/h5-12,14H,2-4,13H2,1H3/t14-/m1/s1. The summed E-state index contributed by atoms with van der Waals surface area (Å²) in [6, 6.07) is 13.1. The molecule has 1 aliphatic heterocycles. The van der Waals surface area contributed by atoms with Gasteiger partial charge in [0, 0.05) is 30.3 Å². The summed E-state index contributed by atoms with van der Waals surface area (Å²) in [5.74, 6) is 1.14. The minimum atomic E-state index is -0.453. The Hall–Kier alpha value is -2.89. The highest BCUT2D eigenvalue weighted by Gasteiger charge is 2.24. The number of hydrogen-bond donors (Lipinski definition) is 0. The maximum absolute atomic E-state index is 12.6. The quantitative estimate of drug-likeness (QED) is 0.611. The fraction of sp³-hybridized carbons (Fsp3) is 0.316. The van der Waals surface area contributed by atoms with Crippen LogP contribution in [0.25, 0.3) is 0 Å². The van der Waals surface area contributed by atoms with E-state index in [-0.39, 0.29) is 17.6 Å². The maximum atomic E-state index is 12.6. The van der Waals surface area contributed by atoms with E-state index in [1.54, 1.807) is 36.4 Å². The van der Waals surface area contributed by atoms with Crippen LogP contribution in [0.2, 0.25) is 0 Å². The number of nitro benzene ring substituents is 1. The lowest BCUT2D eigenvalue weighted by molar-refractivity contribution is -0.384. The number of amides is 1. The topological polar surface area (TPSA) is 72.7 Å². The van der Waals surface area contributed by atoms with Crippen LogP contribution >= 0.6 is 0 Å². The van der Waals surface area contributed by atoms with Crippen LogP contribution in [0.5, 0.6) is 11.5 Å². The number of nitrogens with zero attached hydrogens (tertiary/aromatic N) is 2. The fourth-order valence-corrected chi connectivity index (χ4v) is 3.00. The van der Waals surface area contributed by atoms with Crippen molar-refractivity contribution in [1.29, 1.82) is 0 Å². The predicted octanol–water partition coefficient (Wildman–Crippen LogP) is 4.40. The molecule has 0 bridgehead atoms. The summed E-state index contributed by atoms with van der Waals surface area (Å²) < 4.78 is 5.67. The van der Waals surface area contributed by atoms with E-state index in [2.05, 4.69) is 6.92 Å². The average Bonchev–Trinajstić information content (AvgIpc) is 2.63. The van der Waals surface area contributed by atoms with Crippen LogP contribution in [0.4, 0.5) is 5.69 Å². The molecular weight excluding hydrogens is 320 g/mol. The van der Waals surface area contributed by atoms with E-state index < -0.39 is 4.92 Å². The van der Waals surface area contributed by atoms with E-state index in [1.165, 1.54) is 18.6 Å². The van der Waals surface area contributed by atoms with Gasteiger partial charge in [-0.3, -0.25) is 14.9 Å². The lowest BCUT2D eigenvalue weighted by Crippen LogP contribution is -2.41. The molecule has 1 saturated heterocycles. The molecule has 6 nitrogen and oxygen atoms in total. The normalized spacial score (nSPS) is 17.2. The molecule has 0 radical (unpaired) electrons. The molecule has 25 heavy (non-hydrogen) atoms. The van der Waals surface area contributed by atoms with Crippen molar-refractivity contribution in [1.82, 2.24) is 4.90 Å². The van der Waals surface area contributed by atoms with Gasteiger partial charge < -0.3 is 9.64 Å². The number of benzene rings is 2. The average molecular weight is 340 g/mol. The first-order valence-corrected chi connectivity index (χ1v) is 8.38. The van der Waals surface area contributed by atoms with Crippen molar-refractivity contribution in [2.45, 2.75) is 32.2 Å². The summed E-state index contributed by atoms with van der Waals surface area (Å²) in [5, 5.41) is 10.7. The molecule has 3 rings (SSSR count). The van der Waals surface area contributed by atoms with Crippen LogP contribution in [-0.4, -0.2) is 28.3 Å². The van der Waals surface area contributed by atoms with Crippen LogP contribution in [-0.2, 0) is 0 Å². The van der Waals surface area contributed by atoms with Gasteiger partial charge in [-0.1, -0.05) is 0 Å². The van der Waals surface area contributed by atoms with Gasteiger partial charge in [0.1, 0.15) is 11.5 Å². The fourth-order valence-electron chi connectivity index (χ4n) is 3.00. The molecule has 2 aromatic carbocycles. The highest BCUT2D eigenvalue weighted by molar-refractivity contribution is 5.94. The zero-order valence-corrected chi connectivity index (χ0v) is 14.1. The number of piperidine rings is 1. The van der Waals surface area contributed by atoms with Gasteiger partial charge in [-0.2, -0.15) is 0 Å². The molecule has 0 spiro atoms. The van der Waals surface area contributed by atoms with E-state index in [0.717, 1.165) is 19.4 Å². The van der Waals surface area contributed by atoms with Crippen molar-refractivity contribution in [3.63, 3.8) is 0 Å². The molecular formula is C19H20N2O4. The molecule has 0 aliphatic carbocycles. The zero-order valence-electron chi connectivity index (χ0n) is 14.1. The molecule has 2 aromatic rings. The lowest BCUT2D eigenvalue weighted by atomic mass is 10.0. The lowest BCUT2D eigenvalue weighted by Gasteiger charge is -2.33. The summed E-state index contributed by atoms with van der Waals surface area (Å²) in [4.78, 5) is 24.7. The highest BCUT2D eigenvalue weighted by Crippen LogP contribution is 2.25. The third kappa shape index (κ3) is 3.96. The second kappa shape index (κ2) is 7.34. The maximum Gasteiger partial charge on any atom is 0.269 e. The number of nitro groups is 1. The van der Waals surface area contributed by atoms with Crippen molar-refractivity contribution in [3.8, 4) is 11.5 Å². The molecule has 1 atom stereocenters. The Labute approximate surface area is 146 Å². The largest absolute Gasteiger partial charge is 0.457 e. The number of likely N-dealkylation sites (tertiary alicyclic amines) is 1. The number of carbonyl (C=O) groups excluding carboxylic acids is 1. The first-order chi connectivity index (χ1) is 12.0. The number of rotatable bonds is 4. The summed E-state index contributed by atoms with van der Waals surface area (Å²) in [5.41, 5.74) is 0.661. The minimum Gasteiger partial charge on any atom is -0.457 e.